The number of rotatable bonds is 6. The maximum atomic E-state index is 14.2. The zero-order valence-electron chi connectivity index (χ0n) is 16.3. The molecule has 0 atom stereocenters. The minimum atomic E-state index is -0.467. The third-order valence-corrected chi connectivity index (χ3v) is 5.83. The summed E-state index contributed by atoms with van der Waals surface area (Å²) in [5.41, 5.74) is 4.20. The number of nitrogens with zero attached hydrogens (tertiary/aromatic N) is 1. The summed E-state index contributed by atoms with van der Waals surface area (Å²) in [6.07, 6.45) is 1.94. The fourth-order valence-electron chi connectivity index (χ4n) is 3.98. The number of benzene rings is 2. The number of aromatic nitrogens is 2. The molecule has 5 rings (SSSR count). The number of carbonyl (C=O) groups excluding carboxylic acids is 1. The lowest BCUT2D eigenvalue weighted by molar-refractivity contribution is 0.102. The molecule has 1 aliphatic heterocycles. The van der Waals surface area contributed by atoms with Gasteiger partial charge in [0.15, 0.2) is 0 Å². The highest BCUT2D eigenvalue weighted by Gasteiger charge is 2.47. The molecule has 0 spiro atoms. The topological polar surface area (TPSA) is 79.0 Å². The first-order chi connectivity index (χ1) is 14.1. The Morgan fingerprint density at radius 1 is 1.24 bits per heavy atom. The Morgan fingerprint density at radius 2 is 2.07 bits per heavy atom. The van der Waals surface area contributed by atoms with Crippen molar-refractivity contribution in [1.82, 2.24) is 15.3 Å². The minimum absolute atomic E-state index is 0.147. The van der Waals surface area contributed by atoms with Gasteiger partial charge < -0.3 is 20.4 Å². The van der Waals surface area contributed by atoms with E-state index in [1.54, 1.807) is 0 Å². The Morgan fingerprint density at radius 3 is 2.86 bits per heavy atom. The molecule has 0 saturated heterocycles. The fourth-order valence-corrected chi connectivity index (χ4v) is 3.98. The quantitative estimate of drug-likeness (QED) is 0.597. The predicted molar refractivity (Wildman–Crippen MR) is 108 cm³/mol. The fraction of sp³-hybridized carbons (Fsp3) is 0.364. The van der Waals surface area contributed by atoms with Gasteiger partial charge in [0, 0.05) is 25.4 Å². The molecule has 0 radical (unpaired) electrons. The number of carbonyl (C=O) groups is 1. The van der Waals surface area contributed by atoms with Gasteiger partial charge in [0.2, 0.25) is 0 Å². The monoisotopic (exact) mass is 394 g/mol. The molecule has 1 aliphatic carbocycles. The zero-order chi connectivity index (χ0) is 20.0. The van der Waals surface area contributed by atoms with E-state index >= 15 is 0 Å². The molecule has 1 amide bonds. The Kier molecular flexibility index (Phi) is 4.37. The van der Waals surface area contributed by atoms with E-state index in [-0.39, 0.29) is 16.9 Å². The highest BCUT2D eigenvalue weighted by Crippen LogP contribution is 2.47. The summed E-state index contributed by atoms with van der Waals surface area (Å²) in [6, 6.07) is 8.47. The Hall–Kier alpha value is -2.77. The molecule has 6 nitrogen and oxygen atoms in total. The highest BCUT2D eigenvalue weighted by atomic mass is 19.1. The van der Waals surface area contributed by atoms with Crippen molar-refractivity contribution < 1.29 is 13.9 Å². The Labute approximate surface area is 167 Å². The summed E-state index contributed by atoms with van der Waals surface area (Å²) in [5, 5.41) is 6.18. The second-order valence-corrected chi connectivity index (χ2v) is 7.89. The lowest BCUT2D eigenvalue weighted by atomic mass is 10.1. The van der Waals surface area contributed by atoms with Gasteiger partial charge >= 0.3 is 0 Å². The van der Waals surface area contributed by atoms with Crippen LogP contribution in [0.15, 0.2) is 30.3 Å². The molecule has 1 aromatic heterocycles. The van der Waals surface area contributed by atoms with E-state index in [0.29, 0.717) is 29.9 Å². The van der Waals surface area contributed by atoms with E-state index in [4.69, 9.17) is 4.74 Å². The molecule has 0 bridgehead atoms. The molecule has 3 aromatic rings. The molecular formula is C22H23FN4O2. The molecule has 2 aliphatic rings. The highest BCUT2D eigenvalue weighted by molar-refractivity contribution is 6.11. The summed E-state index contributed by atoms with van der Waals surface area (Å²) in [7, 11) is 0. The number of fused-ring (bicyclic) bond motifs is 2. The van der Waals surface area contributed by atoms with Gasteiger partial charge in [-0.1, -0.05) is 6.07 Å². The van der Waals surface area contributed by atoms with Crippen LogP contribution in [0.1, 0.15) is 47.1 Å². The van der Waals surface area contributed by atoms with Crippen LogP contribution >= 0.6 is 0 Å². The van der Waals surface area contributed by atoms with Gasteiger partial charge in [0.05, 0.1) is 23.1 Å². The summed E-state index contributed by atoms with van der Waals surface area (Å²) in [5.74, 6) is -0.0667. The first-order valence-electron chi connectivity index (χ1n) is 9.99. The van der Waals surface area contributed by atoms with Crippen molar-refractivity contribution in [2.24, 2.45) is 0 Å². The van der Waals surface area contributed by atoms with E-state index in [1.165, 1.54) is 23.3 Å². The van der Waals surface area contributed by atoms with Gasteiger partial charge in [-0.15, -0.1) is 0 Å². The van der Waals surface area contributed by atoms with Crippen LogP contribution in [0.25, 0.3) is 11.0 Å². The van der Waals surface area contributed by atoms with Crippen LogP contribution in [0, 0.1) is 5.82 Å². The van der Waals surface area contributed by atoms with Crippen molar-refractivity contribution in [3.63, 3.8) is 0 Å². The second kappa shape index (κ2) is 6.93. The molecule has 1 saturated carbocycles. The smallest absolute Gasteiger partial charge is 0.258 e. The summed E-state index contributed by atoms with van der Waals surface area (Å²) < 4.78 is 19.8. The number of hydrogen-bond donors (Lipinski definition) is 3. The van der Waals surface area contributed by atoms with Gasteiger partial charge in [0.25, 0.3) is 5.91 Å². The summed E-state index contributed by atoms with van der Waals surface area (Å²) >= 11 is 0. The molecule has 7 heteroatoms. The summed E-state index contributed by atoms with van der Waals surface area (Å²) in [4.78, 5) is 20.9. The zero-order valence-corrected chi connectivity index (χ0v) is 16.3. The Bertz CT molecular complexity index is 1100. The van der Waals surface area contributed by atoms with Crippen molar-refractivity contribution >= 4 is 22.6 Å². The van der Waals surface area contributed by atoms with E-state index in [0.717, 1.165) is 31.8 Å². The molecular weight excluding hydrogens is 371 g/mol. The van der Waals surface area contributed by atoms with Crippen LogP contribution in [-0.4, -0.2) is 29.1 Å². The number of nitrogens with one attached hydrogen (secondary N) is 3. The normalized spacial score (nSPS) is 16.8. The predicted octanol–water partition coefficient (Wildman–Crippen LogP) is 3.63. The second-order valence-electron chi connectivity index (χ2n) is 7.89. The SMILES string of the molecule is CCOCC1(c2nc3c(C(=O)Nc4ccc5c(c4)CNC5)cc(F)cc3[nH]2)CC1. The van der Waals surface area contributed by atoms with Crippen molar-refractivity contribution in [1.29, 1.82) is 0 Å². The maximum Gasteiger partial charge on any atom is 0.258 e. The van der Waals surface area contributed by atoms with E-state index < -0.39 is 5.82 Å². The van der Waals surface area contributed by atoms with Crippen LogP contribution in [0.2, 0.25) is 0 Å². The molecule has 1 fully saturated rings. The number of H-pyrrole nitrogens is 1. The largest absolute Gasteiger partial charge is 0.381 e. The van der Waals surface area contributed by atoms with Gasteiger partial charge in [0.1, 0.15) is 17.2 Å². The lowest BCUT2D eigenvalue weighted by Crippen LogP contribution is -2.17. The van der Waals surface area contributed by atoms with Crippen LogP contribution in [-0.2, 0) is 23.2 Å². The van der Waals surface area contributed by atoms with Gasteiger partial charge in [-0.2, -0.15) is 0 Å². The molecule has 3 N–H and O–H groups in total. The average Bonchev–Trinajstić information content (AvgIpc) is 3.14. The maximum absolute atomic E-state index is 14.2. The number of halogens is 1. The first kappa shape index (κ1) is 18.3. The van der Waals surface area contributed by atoms with Crippen LogP contribution in [0.3, 0.4) is 0 Å². The lowest BCUT2D eigenvalue weighted by Gasteiger charge is -2.11. The Balaban J connectivity index is 1.47. The van der Waals surface area contributed by atoms with E-state index in [2.05, 4.69) is 20.6 Å². The van der Waals surface area contributed by atoms with Crippen molar-refractivity contribution in [2.45, 2.75) is 38.3 Å². The third kappa shape index (κ3) is 3.30. The number of amides is 1. The van der Waals surface area contributed by atoms with Crippen LogP contribution in [0.5, 0.6) is 0 Å². The molecule has 2 heterocycles. The van der Waals surface area contributed by atoms with Gasteiger partial charge in [-0.05, 0) is 55.2 Å². The number of aromatic amines is 1. The number of imidazole rings is 1. The van der Waals surface area contributed by atoms with Gasteiger partial charge in [-0.25, -0.2) is 9.37 Å². The van der Waals surface area contributed by atoms with Crippen molar-refractivity contribution in [3.8, 4) is 0 Å². The average molecular weight is 394 g/mol. The number of anilines is 1. The summed E-state index contributed by atoms with van der Waals surface area (Å²) in [6.45, 7) is 4.81. The standard InChI is InChI=1S/C22H23FN4O2/c1-2-29-12-22(5-6-22)21-26-18-9-15(23)8-17(19(18)27-21)20(28)25-16-4-3-13-10-24-11-14(13)7-16/h3-4,7-9,24H,2,5-6,10-12H2,1H3,(H,25,28)(H,26,27). The van der Waals surface area contributed by atoms with Crippen molar-refractivity contribution in [3.05, 3.63) is 58.7 Å². The van der Waals surface area contributed by atoms with Crippen molar-refractivity contribution in [2.75, 3.05) is 18.5 Å². The molecule has 0 unspecified atom stereocenters. The minimum Gasteiger partial charge on any atom is -0.381 e. The number of ether oxygens (including phenoxy) is 1. The van der Waals surface area contributed by atoms with Crippen LogP contribution < -0.4 is 10.6 Å². The number of hydrogen-bond acceptors (Lipinski definition) is 4. The molecule has 29 heavy (non-hydrogen) atoms. The van der Waals surface area contributed by atoms with Crippen LogP contribution in [0.4, 0.5) is 10.1 Å². The molecule has 2 aromatic carbocycles. The van der Waals surface area contributed by atoms with E-state index in [9.17, 15) is 9.18 Å². The van der Waals surface area contributed by atoms with Gasteiger partial charge in [-0.3, -0.25) is 4.79 Å². The van der Waals surface area contributed by atoms with E-state index in [1.807, 2.05) is 25.1 Å². The first-order valence-corrected chi connectivity index (χ1v) is 9.99. The molecule has 150 valence electrons. The third-order valence-electron chi connectivity index (χ3n) is 5.83.